The monoisotopic (exact) mass is 310 g/mol. The van der Waals surface area contributed by atoms with Gasteiger partial charge in [0.25, 0.3) is 0 Å². The van der Waals surface area contributed by atoms with Crippen LogP contribution in [0.1, 0.15) is 36.8 Å². The molecule has 3 rings (SSSR count). The van der Waals surface area contributed by atoms with Gasteiger partial charge in [0.05, 0.1) is 11.0 Å². The fourth-order valence-corrected chi connectivity index (χ4v) is 4.88. The zero-order valence-electron chi connectivity index (χ0n) is 12.0. The number of benzene rings is 1. The SMILES string of the molecule is O=S(=O)(NC1CCCCC1O)c1cccc2c1CCNC2. The van der Waals surface area contributed by atoms with E-state index in [1.54, 1.807) is 12.1 Å². The van der Waals surface area contributed by atoms with E-state index < -0.39 is 16.1 Å². The molecule has 0 aromatic heterocycles. The molecule has 1 aliphatic heterocycles. The van der Waals surface area contributed by atoms with Crippen LogP contribution in [0.2, 0.25) is 0 Å². The van der Waals surface area contributed by atoms with Gasteiger partial charge in [-0.3, -0.25) is 0 Å². The van der Waals surface area contributed by atoms with Gasteiger partial charge in [0, 0.05) is 12.6 Å². The number of hydrogen-bond acceptors (Lipinski definition) is 4. The summed E-state index contributed by atoms with van der Waals surface area (Å²) in [6.07, 6.45) is 3.45. The lowest BCUT2D eigenvalue weighted by Crippen LogP contribution is -2.45. The Morgan fingerprint density at radius 2 is 2.05 bits per heavy atom. The Bertz CT molecular complexity index is 615. The summed E-state index contributed by atoms with van der Waals surface area (Å²) in [6, 6.07) is 5.07. The molecule has 1 heterocycles. The summed E-state index contributed by atoms with van der Waals surface area (Å²) < 4.78 is 28.1. The molecule has 3 N–H and O–H groups in total. The number of hydrogen-bond donors (Lipinski definition) is 3. The van der Waals surface area contributed by atoms with E-state index in [-0.39, 0.29) is 6.04 Å². The average molecular weight is 310 g/mol. The van der Waals surface area contributed by atoms with Crippen molar-refractivity contribution in [3.63, 3.8) is 0 Å². The molecule has 1 fully saturated rings. The first-order chi connectivity index (χ1) is 10.1. The van der Waals surface area contributed by atoms with Gasteiger partial charge in [-0.05, 0) is 43.0 Å². The average Bonchev–Trinajstić information content (AvgIpc) is 2.49. The van der Waals surface area contributed by atoms with Crippen molar-refractivity contribution < 1.29 is 13.5 Å². The summed E-state index contributed by atoms with van der Waals surface area (Å²) in [5.74, 6) is 0. The van der Waals surface area contributed by atoms with E-state index in [2.05, 4.69) is 10.0 Å². The molecule has 0 radical (unpaired) electrons. The van der Waals surface area contributed by atoms with Crippen molar-refractivity contribution in [1.82, 2.24) is 10.0 Å². The van der Waals surface area contributed by atoms with Gasteiger partial charge in [0.2, 0.25) is 10.0 Å². The molecule has 0 amide bonds. The van der Waals surface area contributed by atoms with E-state index in [4.69, 9.17) is 0 Å². The fraction of sp³-hybridized carbons (Fsp3) is 0.600. The minimum Gasteiger partial charge on any atom is -0.391 e. The normalized spacial score (nSPS) is 26.3. The summed E-state index contributed by atoms with van der Waals surface area (Å²) >= 11 is 0. The molecular weight excluding hydrogens is 288 g/mol. The molecule has 0 saturated heterocycles. The molecule has 2 aliphatic rings. The molecule has 5 nitrogen and oxygen atoms in total. The number of aliphatic hydroxyl groups excluding tert-OH is 1. The first kappa shape index (κ1) is 15.0. The van der Waals surface area contributed by atoms with Gasteiger partial charge >= 0.3 is 0 Å². The van der Waals surface area contributed by atoms with Crippen molar-refractivity contribution in [2.45, 2.75) is 55.7 Å². The Hall–Kier alpha value is -0.950. The number of aliphatic hydroxyl groups is 1. The van der Waals surface area contributed by atoms with Gasteiger partial charge in [-0.1, -0.05) is 25.0 Å². The van der Waals surface area contributed by atoms with Gasteiger partial charge in [0.15, 0.2) is 0 Å². The lowest BCUT2D eigenvalue weighted by molar-refractivity contribution is 0.101. The molecule has 0 bridgehead atoms. The van der Waals surface area contributed by atoms with Crippen LogP contribution in [0, 0.1) is 0 Å². The Kier molecular flexibility index (Phi) is 4.31. The maximum absolute atomic E-state index is 12.7. The minimum absolute atomic E-state index is 0.360. The summed E-state index contributed by atoms with van der Waals surface area (Å²) in [7, 11) is -3.57. The molecule has 6 heteroatoms. The molecule has 0 spiro atoms. The first-order valence-corrected chi connectivity index (χ1v) is 9.08. The zero-order valence-corrected chi connectivity index (χ0v) is 12.8. The molecule has 21 heavy (non-hydrogen) atoms. The van der Waals surface area contributed by atoms with Crippen LogP contribution in [0.3, 0.4) is 0 Å². The molecule has 2 atom stereocenters. The van der Waals surface area contributed by atoms with Crippen LogP contribution in [-0.4, -0.2) is 32.2 Å². The Labute approximate surface area is 125 Å². The molecule has 2 unspecified atom stereocenters. The Morgan fingerprint density at radius 3 is 2.86 bits per heavy atom. The number of sulfonamides is 1. The summed E-state index contributed by atoms with van der Waals surface area (Å²) in [6.45, 7) is 1.51. The van der Waals surface area contributed by atoms with Crippen molar-refractivity contribution in [3.8, 4) is 0 Å². The number of fused-ring (bicyclic) bond motifs is 1. The lowest BCUT2D eigenvalue weighted by Gasteiger charge is -2.29. The predicted molar refractivity (Wildman–Crippen MR) is 80.4 cm³/mol. The third-order valence-corrected chi connectivity index (χ3v) is 6.00. The van der Waals surface area contributed by atoms with Crippen LogP contribution in [0.4, 0.5) is 0 Å². The van der Waals surface area contributed by atoms with Crippen molar-refractivity contribution in [3.05, 3.63) is 29.3 Å². The largest absolute Gasteiger partial charge is 0.391 e. The predicted octanol–water partition coefficient (Wildman–Crippen LogP) is 0.914. The van der Waals surface area contributed by atoms with Gasteiger partial charge in [-0.2, -0.15) is 0 Å². The van der Waals surface area contributed by atoms with E-state index >= 15 is 0 Å². The van der Waals surface area contributed by atoms with E-state index in [1.807, 2.05) is 6.07 Å². The van der Waals surface area contributed by atoms with Crippen LogP contribution >= 0.6 is 0 Å². The Balaban J connectivity index is 1.88. The van der Waals surface area contributed by atoms with Gasteiger partial charge in [-0.25, -0.2) is 13.1 Å². The standard InChI is InChI=1S/C15H22N2O3S/c18-14-6-2-1-5-13(14)17-21(19,20)15-7-3-4-11-10-16-9-8-12(11)15/h3-4,7,13-14,16-18H,1-2,5-6,8-10H2. The van der Waals surface area contributed by atoms with Crippen LogP contribution in [0.5, 0.6) is 0 Å². The van der Waals surface area contributed by atoms with Crippen molar-refractivity contribution in [2.24, 2.45) is 0 Å². The molecule has 1 aromatic carbocycles. The quantitative estimate of drug-likeness (QED) is 0.775. The topological polar surface area (TPSA) is 78.4 Å². The van der Waals surface area contributed by atoms with Gasteiger partial charge in [0.1, 0.15) is 0 Å². The van der Waals surface area contributed by atoms with Gasteiger partial charge in [-0.15, -0.1) is 0 Å². The van der Waals surface area contributed by atoms with Crippen LogP contribution in [-0.2, 0) is 23.0 Å². The van der Waals surface area contributed by atoms with Crippen molar-refractivity contribution in [2.75, 3.05) is 6.54 Å². The van der Waals surface area contributed by atoms with Crippen LogP contribution in [0.25, 0.3) is 0 Å². The second kappa shape index (κ2) is 6.04. The third kappa shape index (κ3) is 3.13. The minimum atomic E-state index is -3.57. The van der Waals surface area contributed by atoms with Crippen molar-refractivity contribution >= 4 is 10.0 Å². The second-order valence-electron chi connectivity index (χ2n) is 5.90. The highest BCUT2D eigenvalue weighted by Crippen LogP contribution is 2.25. The molecule has 1 saturated carbocycles. The molecular formula is C15H22N2O3S. The van der Waals surface area contributed by atoms with Crippen molar-refractivity contribution in [1.29, 1.82) is 0 Å². The molecule has 1 aromatic rings. The van der Waals surface area contributed by atoms with E-state index in [1.165, 1.54) is 0 Å². The maximum Gasteiger partial charge on any atom is 0.241 e. The van der Waals surface area contributed by atoms with Crippen LogP contribution in [0.15, 0.2) is 23.1 Å². The zero-order chi connectivity index (χ0) is 14.9. The molecule has 1 aliphatic carbocycles. The van der Waals surface area contributed by atoms with E-state index in [0.717, 1.165) is 36.9 Å². The first-order valence-electron chi connectivity index (χ1n) is 7.60. The lowest BCUT2D eigenvalue weighted by atomic mass is 9.93. The maximum atomic E-state index is 12.7. The highest BCUT2D eigenvalue weighted by Gasteiger charge is 2.30. The summed E-state index contributed by atoms with van der Waals surface area (Å²) in [5.41, 5.74) is 1.96. The molecule has 116 valence electrons. The van der Waals surface area contributed by atoms with E-state index in [9.17, 15) is 13.5 Å². The van der Waals surface area contributed by atoms with Crippen LogP contribution < -0.4 is 10.0 Å². The Morgan fingerprint density at radius 1 is 1.24 bits per heavy atom. The summed E-state index contributed by atoms with van der Waals surface area (Å²) in [5, 5.41) is 13.2. The highest BCUT2D eigenvalue weighted by molar-refractivity contribution is 7.89. The highest BCUT2D eigenvalue weighted by atomic mass is 32.2. The van der Waals surface area contributed by atoms with Gasteiger partial charge < -0.3 is 10.4 Å². The summed E-state index contributed by atoms with van der Waals surface area (Å²) in [4.78, 5) is 0.374. The second-order valence-corrected chi connectivity index (χ2v) is 7.58. The number of rotatable bonds is 3. The number of nitrogens with one attached hydrogen (secondary N) is 2. The smallest absolute Gasteiger partial charge is 0.241 e. The van der Waals surface area contributed by atoms with E-state index in [0.29, 0.717) is 24.3 Å². The fourth-order valence-electron chi connectivity index (χ4n) is 3.26. The third-order valence-electron chi connectivity index (χ3n) is 4.42.